The fraction of sp³-hybridized carbons (Fsp3) is 0.263. The van der Waals surface area contributed by atoms with Gasteiger partial charge in [-0.05, 0) is 42.3 Å². The highest BCUT2D eigenvalue weighted by Gasteiger charge is 2.21. The van der Waals surface area contributed by atoms with Gasteiger partial charge in [-0.2, -0.15) is 5.26 Å². The van der Waals surface area contributed by atoms with Crippen LogP contribution in [0.2, 0.25) is 0 Å². The van der Waals surface area contributed by atoms with Crippen molar-refractivity contribution in [3.8, 4) is 6.07 Å². The standard InChI is InChI=1S/C19H19FN4O/c1-12(13-2-5-17(20)6-3-13)24-19(25)14-4-7-18(15(8-14)9-21)16-10-22-23-11-16/h2-8,12,16,22-23H,10-11H2,1H3,(H,24,25)/t12-/m1/s1. The van der Waals surface area contributed by atoms with Crippen molar-refractivity contribution in [1.29, 1.82) is 5.26 Å². The number of rotatable bonds is 4. The first-order valence-corrected chi connectivity index (χ1v) is 8.14. The molecule has 0 saturated carbocycles. The molecule has 25 heavy (non-hydrogen) atoms. The molecule has 1 fully saturated rings. The van der Waals surface area contributed by atoms with E-state index in [1.165, 1.54) is 12.1 Å². The summed E-state index contributed by atoms with van der Waals surface area (Å²) in [4.78, 5) is 12.5. The van der Waals surface area contributed by atoms with Crippen LogP contribution in [0.3, 0.4) is 0 Å². The van der Waals surface area contributed by atoms with Crippen LogP contribution in [0.5, 0.6) is 0 Å². The summed E-state index contributed by atoms with van der Waals surface area (Å²) in [6.07, 6.45) is 0. The maximum absolute atomic E-state index is 13.0. The first kappa shape index (κ1) is 17.1. The molecule has 2 aromatic rings. The number of hydrogen-bond acceptors (Lipinski definition) is 4. The second-order valence-corrected chi connectivity index (χ2v) is 6.12. The zero-order chi connectivity index (χ0) is 17.8. The summed E-state index contributed by atoms with van der Waals surface area (Å²) in [5, 5.41) is 12.3. The Kier molecular flexibility index (Phi) is 5.08. The van der Waals surface area contributed by atoms with Crippen LogP contribution in [0, 0.1) is 17.1 Å². The Hall–Kier alpha value is -2.75. The number of hydrazine groups is 1. The number of amides is 1. The van der Waals surface area contributed by atoms with E-state index >= 15 is 0 Å². The molecule has 0 spiro atoms. The lowest BCUT2D eigenvalue weighted by atomic mass is 9.93. The average Bonchev–Trinajstić information content (AvgIpc) is 3.16. The molecule has 1 saturated heterocycles. The second kappa shape index (κ2) is 7.43. The van der Waals surface area contributed by atoms with Crippen LogP contribution in [0.1, 0.15) is 45.9 Å². The van der Waals surface area contributed by atoms with Crippen molar-refractivity contribution >= 4 is 5.91 Å². The number of hydrogen-bond donors (Lipinski definition) is 3. The molecule has 1 aliphatic heterocycles. The van der Waals surface area contributed by atoms with Crippen LogP contribution in [-0.2, 0) is 0 Å². The Balaban J connectivity index is 1.75. The SMILES string of the molecule is C[C@@H](NC(=O)c1ccc(C2CNNC2)c(C#N)c1)c1ccc(F)cc1. The summed E-state index contributed by atoms with van der Waals surface area (Å²) in [5.41, 5.74) is 8.78. The predicted octanol–water partition coefficient (Wildman–Crippen LogP) is 2.38. The van der Waals surface area contributed by atoms with Gasteiger partial charge < -0.3 is 5.32 Å². The minimum Gasteiger partial charge on any atom is -0.346 e. The highest BCUT2D eigenvalue weighted by atomic mass is 19.1. The van der Waals surface area contributed by atoms with Crippen LogP contribution in [0.25, 0.3) is 0 Å². The molecule has 3 rings (SSSR count). The number of nitrogens with one attached hydrogen (secondary N) is 3. The monoisotopic (exact) mass is 338 g/mol. The molecule has 0 aromatic heterocycles. The first-order chi connectivity index (χ1) is 12.1. The van der Waals surface area contributed by atoms with Gasteiger partial charge in [-0.3, -0.25) is 15.6 Å². The van der Waals surface area contributed by atoms with E-state index in [2.05, 4.69) is 22.2 Å². The second-order valence-electron chi connectivity index (χ2n) is 6.12. The fourth-order valence-corrected chi connectivity index (χ4v) is 2.95. The zero-order valence-corrected chi connectivity index (χ0v) is 13.8. The number of nitriles is 1. The van der Waals surface area contributed by atoms with Crippen molar-refractivity contribution in [1.82, 2.24) is 16.2 Å². The number of halogens is 1. The van der Waals surface area contributed by atoms with Crippen LogP contribution < -0.4 is 16.2 Å². The van der Waals surface area contributed by atoms with Gasteiger partial charge in [0.05, 0.1) is 17.7 Å². The van der Waals surface area contributed by atoms with E-state index < -0.39 is 0 Å². The van der Waals surface area contributed by atoms with E-state index in [-0.39, 0.29) is 23.7 Å². The van der Waals surface area contributed by atoms with Crippen LogP contribution >= 0.6 is 0 Å². The predicted molar refractivity (Wildman–Crippen MR) is 92.2 cm³/mol. The molecule has 0 aliphatic carbocycles. The molecule has 1 atom stereocenters. The summed E-state index contributed by atoms with van der Waals surface area (Å²) in [6.45, 7) is 3.34. The van der Waals surface area contributed by atoms with Gasteiger partial charge in [0.1, 0.15) is 5.82 Å². The van der Waals surface area contributed by atoms with E-state index in [0.29, 0.717) is 11.1 Å². The molecule has 1 aliphatic rings. The normalized spacial score (nSPS) is 15.6. The summed E-state index contributed by atoms with van der Waals surface area (Å²) >= 11 is 0. The van der Waals surface area contributed by atoms with Gasteiger partial charge in [-0.1, -0.05) is 18.2 Å². The molecular formula is C19H19FN4O. The maximum Gasteiger partial charge on any atom is 0.251 e. The Morgan fingerprint density at radius 3 is 2.56 bits per heavy atom. The highest BCUT2D eigenvalue weighted by molar-refractivity contribution is 5.95. The van der Waals surface area contributed by atoms with E-state index in [9.17, 15) is 14.4 Å². The average molecular weight is 338 g/mol. The van der Waals surface area contributed by atoms with E-state index in [1.807, 2.05) is 13.0 Å². The highest BCUT2D eigenvalue weighted by Crippen LogP contribution is 2.22. The molecule has 128 valence electrons. The smallest absolute Gasteiger partial charge is 0.251 e. The first-order valence-electron chi connectivity index (χ1n) is 8.14. The lowest BCUT2D eigenvalue weighted by molar-refractivity contribution is 0.0940. The lowest BCUT2D eigenvalue weighted by Crippen LogP contribution is -2.26. The third-order valence-corrected chi connectivity index (χ3v) is 4.42. The van der Waals surface area contributed by atoms with E-state index in [4.69, 9.17) is 0 Å². The van der Waals surface area contributed by atoms with Crippen LogP contribution in [0.4, 0.5) is 4.39 Å². The minimum atomic E-state index is -0.313. The quantitative estimate of drug-likeness (QED) is 0.800. The van der Waals surface area contributed by atoms with Crippen molar-refractivity contribution in [2.75, 3.05) is 13.1 Å². The molecule has 0 bridgehead atoms. The van der Waals surface area contributed by atoms with Gasteiger partial charge >= 0.3 is 0 Å². The number of carbonyl (C=O) groups is 1. The topological polar surface area (TPSA) is 77.0 Å². The summed E-state index contributed by atoms with van der Waals surface area (Å²) in [6, 6.07) is 13.1. The fourth-order valence-electron chi connectivity index (χ4n) is 2.95. The van der Waals surface area contributed by atoms with Crippen molar-refractivity contribution in [3.63, 3.8) is 0 Å². The Labute approximate surface area is 145 Å². The molecule has 1 heterocycles. The molecule has 6 heteroatoms. The van der Waals surface area contributed by atoms with Gasteiger partial charge in [0.15, 0.2) is 0 Å². The third kappa shape index (κ3) is 3.85. The molecule has 2 aromatic carbocycles. The van der Waals surface area contributed by atoms with Crippen LogP contribution in [0.15, 0.2) is 42.5 Å². The van der Waals surface area contributed by atoms with Gasteiger partial charge in [-0.25, -0.2) is 4.39 Å². The van der Waals surface area contributed by atoms with Gasteiger partial charge in [0.2, 0.25) is 0 Å². The Morgan fingerprint density at radius 2 is 1.92 bits per heavy atom. The summed E-state index contributed by atoms with van der Waals surface area (Å²) in [5.74, 6) is -0.361. The summed E-state index contributed by atoms with van der Waals surface area (Å²) in [7, 11) is 0. The zero-order valence-electron chi connectivity index (χ0n) is 13.8. The van der Waals surface area contributed by atoms with Crippen molar-refractivity contribution in [3.05, 3.63) is 70.5 Å². The van der Waals surface area contributed by atoms with Gasteiger partial charge in [-0.15, -0.1) is 0 Å². The molecule has 5 nitrogen and oxygen atoms in total. The lowest BCUT2D eigenvalue weighted by Gasteiger charge is -2.16. The summed E-state index contributed by atoms with van der Waals surface area (Å²) < 4.78 is 13.0. The Morgan fingerprint density at radius 1 is 1.24 bits per heavy atom. The number of carbonyl (C=O) groups excluding carboxylic acids is 1. The molecule has 0 radical (unpaired) electrons. The van der Waals surface area contributed by atoms with Crippen molar-refractivity contribution < 1.29 is 9.18 Å². The number of benzene rings is 2. The molecule has 0 unspecified atom stereocenters. The van der Waals surface area contributed by atoms with E-state index in [1.54, 1.807) is 24.3 Å². The number of nitrogens with zero attached hydrogens (tertiary/aromatic N) is 1. The van der Waals surface area contributed by atoms with Gasteiger partial charge in [0.25, 0.3) is 5.91 Å². The molecular weight excluding hydrogens is 319 g/mol. The maximum atomic E-state index is 13.0. The van der Waals surface area contributed by atoms with Gasteiger partial charge in [0, 0.05) is 24.6 Å². The molecule has 3 N–H and O–H groups in total. The van der Waals surface area contributed by atoms with Crippen molar-refractivity contribution in [2.24, 2.45) is 0 Å². The van der Waals surface area contributed by atoms with E-state index in [0.717, 1.165) is 24.2 Å². The largest absolute Gasteiger partial charge is 0.346 e. The third-order valence-electron chi connectivity index (χ3n) is 4.42. The minimum absolute atomic E-state index is 0.213. The van der Waals surface area contributed by atoms with Crippen LogP contribution in [-0.4, -0.2) is 19.0 Å². The Bertz CT molecular complexity index is 807. The van der Waals surface area contributed by atoms with Crippen molar-refractivity contribution in [2.45, 2.75) is 18.9 Å². The molecule has 1 amide bonds.